The van der Waals surface area contributed by atoms with Crippen LogP contribution in [0, 0.1) is 11.8 Å². The lowest BCUT2D eigenvalue weighted by molar-refractivity contribution is -0.154. The molecule has 0 radical (unpaired) electrons. The van der Waals surface area contributed by atoms with Crippen LogP contribution in [0.15, 0.2) is 29.2 Å². The van der Waals surface area contributed by atoms with Crippen molar-refractivity contribution in [1.82, 2.24) is 5.32 Å². The number of carbonyl (C=O) groups is 2. The molecule has 29 heavy (non-hydrogen) atoms. The first kappa shape index (κ1) is 23.3. The third-order valence-electron chi connectivity index (χ3n) is 5.58. The molecular formula is C21H32N2O5S. The Morgan fingerprint density at radius 3 is 2.34 bits per heavy atom. The average Bonchev–Trinajstić information content (AvgIpc) is 2.70. The normalized spacial score (nSPS) is 20.7. The van der Waals surface area contributed by atoms with Crippen molar-refractivity contribution >= 4 is 21.9 Å². The summed E-state index contributed by atoms with van der Waals surface area (Å²) in [5.41, 5.74) is 0.725. The van der Waals surface area contributed by atoms with Crippen molar-refractivity contribution in [1.29, 1.82) is 0 Å². The maximum Gasteiger partial charge on any atom is 0.309 e. The number of unbranched alkanes of at least 4 members (excludes halogenated alkanes) is 1. The molecule has 0 spiro atoms. The van der Waals surface area contributed by atoms with Gasteiger partial charge in [0, 0.05) is 0 Å². The zero-order chi connectivity index (χ0) is 21.4. The molecule has 1 fully saturated rings. The fraction of sp³-hybridized carbons (Fsp3) is 0.619. The highest BCUT2D eigenvalue weighted by atomic mass is 32.2. The van der Waals surface area contributed by atoms with E-state index in [1.165, 1.54) is 31.4 Å². The standard InChI is InChI=1S/C21H32N2O5S/c1-3-4-5-16-6-8-18(9-7-16)21(25)28-14-20(24)23-15(2)17-10-12-19(13-11-17)29(22,26)27/h10-13,15-16,18H,3-9,14H2,1-2H3,(H,23,24)(H2,22,26,27)/t15-,16?,18?/m0/s1. The van der Waals surface area contributed by atoms with E-state index in [1.807, 2.05) is 0 Å². The van der Waals surface area contributed by atoms with Gasteiger partial charge in [-0.1, -0.05) is 38.3 Å². The summed E-state index contributed by atoms with van der Waals surface area (Å²) in [4.78, 5) is 24.4. The summed E-state index contributed by atoms with van der Waals surface area (Å²) in [5.74, 6) is -0.0788. The van der Waals surface area contributed by atoms with E-state index in [1.54, 1.807) is 19.1 Å². The molecule has 7 nitrogen and oxygen atoms in total. The van der Waals surface area contributed by atoms with Crippen LogP contribution in [0.3, 0.4) is 0 Å². The van der Waals surface area contributed by atoms with Crippen molar-refractivity contribution in [3.05, 3.63) is 29.8 Å². The van der Waals surface area contributed by atoms with Crippen molar-refractivity contribution in [2.75, 3.05) is 6.61 Å². The van der Waals surface area contributed by atoms with Crippen LogP contribution in [0.25, 0.3) is 0 Å². The van der Waals surface area contributed by atoms with Gasteiger partial charge in [0.2, 0.25) is 10.0 Å². The minimum atomic E-state index is -3.75. The van der Waals surface area contributed by atoms with E-state index in [0.29, 0.717) is 5.92 Å². The van der Waals surface area contributed by atoms with Gasteiger partial charge in [-0.2, -0.15) is 0 Å². The molecule has 1 aliphatic rings. The van der Waals surface area contributed by atoms with E-state index in [9.17, 15) is 18.0 Å². The number of carbonyl (C=O) groups excluding carboxylic acids is 2. The van der Waals surface area contributed by atoms with Crippen LogP contribution in [0.4, 0.5) is 0 Å². The monoisotopic (exact) mass is 424 g/mol. The van der Waals surface area contributed by atoms with Gasteiger partial charge in [-0.05, 0) is 56.2 Å². The molecule has 1 saturated carbocycles. The maximum absolute atomic E-state index is 12.2. The topological polar surface area (TPSA) is 116 Å². The molecule has 0 heterocycles. The number of rotatable bonds is 9. The van der Waals surface area contributed by atoms with E-state index in [4.69, 9.17) is 9.88 Å². The number of sulfonamides is 1. The molecule has 2 rings (SSSR count). The number of nitrogens with one attached hydrogen (secondary N) is 1. The van der Waals surface area contributed by atoms with Gasteiger partial charge >= 0.3 is 5.97 Å². The highest BCUT2D eigenvalue weighted by molar-refractivity contribution is 7.89. The quantitative estimate of drug-likeness (QED) is 0.591. The summed E-state index contributed by atoms with van der Waals surface area (Å²) >= 11 is 0. The van der Waals surface area contributed by atoms with E-state index in [-0.39, 0.29) is 29.4 Å². The van der Waals surface area contributed by atoms with E-state index in [0.717, 1.165) is 31.2 Å². The summed E-state index contributed by atoms with van der Waals surface area (Å²) < 4.78 is 27.8. The minimum Gasteiger partial charge on any atom is -0.455 e. The van der Waals surface area contributed by atoms with Gasteiger partial charge in [0.1, 0.15) is 0 Å². The Kier molecular flexibility index (Phi) is 8.64. The molecule has 8 heteroatoms. The molecule has 0 bridgehead atoms. The first-order valence-electron chi connectivity index (χ1n) is 10.3. The molecule has 0 aromatic heterocycles. The molecular weight excluding hydrogens is 392 g/mol. The van der Waals surface area contributed by atoms with Crippen LogP contribution >= 0.6 is 0 Å². The third-order valence-corrected chi connectivity index (χ3v) is 6.51. The van der Waals surface area contributed by atoms with Gasteiger partial charge in [-0.15, -0.1) is 0 Å². The number of hydrogen-bond donors (Lipinski definition) is 2. The van der Waals surface area contributed by atoms with Crippen molar-refractivity contribution in [2.24, 2.45) is 17.0 Å². The largest absolute Gasteiger partial charge is 0.455 e. The molecule has 0 saturated heterocycles. The van der Waals surface area contributed by atoms with Crippen LogP contribution in [-0.2, 0) is 24.3 Å². The molecule has 3 N–H and O–H groups in total. The lowest BCUT2D eigenvalue weighted by Gasteiger charge is -2.27. The second-order valence-corrected chi connectivity index (χ2v) is 9.43. The second-order valence-electron chi connectivity index (χ2n) is 7.87. The summed E-state index contributed by atoms with van der Waals surface area (Å²) in [7, 11) is -3.75. The fourth-order valence-electron chi connectivity index (χ4n) is 3.75. The predicted molar refractivity (Wildman–Crippen MR) is 110 cm³/mol. The van der Waals surface area contributed by atoms with Gasteiger partial charge < -0.3 is 10.1 Å². The highest BCUT2D eigenvalue weighted by Crippen LogP contribution is 2.32. The summed E-state index contributed by atoms with van der Waals surface area (Å²) in [6, 6.07) is 5.61. The summed E-state index contributed by atoms with van der Waals surface area (Å²) in [6.07, 6.45) is 7.45. The van der Waals surface area contributed by atoms with Crippen LogP contribution in [-0.4, -0.2) is 26.9 Å². The van der Waals surface area contributed by atoms with Crippen molar-refractivity contribution in [3.63, 3.8) is 0 Å². The number of ether oxygens (including phenoxy) is 1. The molecule has 162 valence electrons. The Bertz CT molecular complexity index is 784. The molecule has 1 amide bonds. The zero-order valence-electron chi connectivity index (χ0n) is 17.2. The Hall–Kier alpha value is -1.93. The van der Waals surface area contributed by atoms with Gasteiger partial charge in [0.25, 0.3) is 5.91 Å². The number of nitrogens with two attached hydrogens (primary N) is 1. The van der Waals surface area contributed by atoms with Gasteiger partial charge in [-0.25, -0.2) is 13.6 Å². The lowest BCUT2D eigenvalue weighted by atomic mass is 9.80. The number of amides is 1. The molecule has 1 aromatic carbocycles. The molecule has 0 aliphatic heterocycles. The highest BCUT2D eigenvalue weighted by Gasteiger charge is 2.27. The number of esters is 1. The van der Waals surface area contributed by atoms with Crippen molar-refractivity contribution < 1.29 is 22.7 Å². The van der Waals surface area contributed by atoms with Crippen molar-refractivity contribution in [3.8, 4) is 0 Å². The lowest BCUT2D eigenvalue weighted by Crippen LogP contribution is -2.33. The Labute approximate surface area is 173 Å². The maximum atomic E-state index is 12.2. The number of primary sulfonamides is 1. The van der Waals surface area contributed by atoms with Crippen molar-refractivity contribution in [2.45, 2.75) is 69.7 Å². The van der Waals surface area contributed by atoms with Gasteiger partial charge in [0.15, 0.2) is 6.61 Å². The predicted octanol–water partition coefficient (Wildman–Crippen LogP) is 3.05. The van der Waals surface area contributed by atoms with E-state index >= 15 is 0 Å². The summed E-state index contributed by atoms with van der Waals surface area (Å²) in [5, 5.41) is 7.82. The first-order chi connectivity index (χ1) is 13.7. The van der Waals surface area contributed by atoms with Crippen LogP contribution in [0.1, 0.15) is 70.4 Å². The summed E-state index contributed by atoms with van der Waals surface area (Å²) in [6.45, 7) is 3.64. The van der Waals surface area contributed by atoms with E-state index < -0.39 is 15.9 Å². The first-order valence-corrected chi connectivity index (χ1v) is 11.8. The fourth-order valence-corrected chi connectivity index (χ4v) is 4.26. The SMILES string of the molecule is CCCCC1CCC(C(=O)OCC(=O)N[C@@H](C)c2ccc(S(N)(=O)=O)cc2)CC1. The Morgan fingerprint density at radius 2 is 1.79 bits per heavy atom. The molecule has 1 aliphatic carbocycles. The average molecular weight is 425 g/mol. The van der Waals surface area contributed by atoms with Crippen LogP contribution in [0.2, 0.25) is 0 Å². The second kappa shape index (κ2) is 10.7. The number of benzene rings is 1. The third kappa shape index (κ3) is 7.44. The Balaban J connectivity index is 1.74. The smallest absolute Gasteiger partial charge is 0.309 e. The van der Waals surface area contributed by atoms with Gasteiger partial charge in [0.05, 0.1) is 16.9 Å². The zero-order valence-corrected chi connectivity index (χ0v) is 18.0. The number of hydrogen-bond acceptors (Lipinski definition) is 5. The molecule has 1 atom stereocenters. The van der Waals surface area contributed by atoms with E-state index in [2.05, 4.69) is 12.2 Å². The van der Waals surface area contributed by atoms with Crippen LogP contribution in [0.5, 0.6) is 0 Å². The molecule has 1 aromatic rings. The molecule has 0 unspecified atom stereocenters. The Morgan fingerprint density at radius 1 is 1.17 bits per heavy atom. The van der Waals surface area contributed by atoms with Crippen LogP contribution < -0.4 is 10.5 Å². The van der Waals surface area contributed by atoms with Gasteiger partial charge in [-0.3, -0.25) is 9.59 Å². The minimum absolute atomic E-state index is 0.0121.